The molecular formula is C17H15Cl2N3OS. The Morgan fingerprint density at radius 3 is 2.75 bits per heavy atom. The van der Waals surface area contributed by atoms with Crippen molar-refractivity contribution in [1.29, 1.82) is 0 Å². The molecule has 124 valence electrons. The minimum atomic E-state index is -0.223. The zero-order valence-corrected chi connectivity index (χ0v) is 15.0. The van der Waals surface area contributed by atoms with E-state index in [1.54, 1.807) is 23.5 Å². The van der Waals surface area contributed by atoms with Crippen molar-refractivity contribution in [3.05, 3.63) is 63.1 Å². The molecule has 0 saturated heterocycles. The number of nitrogens with zero attached hydrogens (tertiary/aromatic N) is 1. The summed E-state index contributed by atoms with van der Waals surface area (Å²) >= 11 is 13.5. The van der Waals surface area contributed by atoms with Crippen molar-refractivity contribution in [2.75, 3.05) is 6.54 Å². The number of halogens is 2. The maximum atomic E-state index is 11.9. The molecule has 0 radical (unpaired) electrons. The minimum Gasteiger partial charge on any atom is -0.338 e. The van der Waals surface area contributed by atoms with Gasteiger partial charge in [0.05, 0.1) is 16.8 Å². The molecule has 0 unspecified atom stereocenters. The van der Waals surface area contributed by atoms with Crippen LogP contribution in [-0.2, 0) is 13.0 Å². The third-order valence-electron chi connectivity index (χ3n) is 3.43. The molecule has 24 heavy (non-hydrogen) atoms. The monoisotopic (exact) mass is 379 g/mol. The lowest BCUT2D eigenvalue weighted by molar-refractivity contribution is 0.240. The van der Waals surface area contributed by atoms with Crippen molar-refractivity contribution in [2.45, 2.75) is 13.0 Å². The summed E-state index contributed by atoms with van der Waals surface area (Å²) in [5, 5.41) is 7.72. The van der Waals surface area contributed by atoms with Crippen LogP contribution in [0, 0.1) is 0 Å². The Morgan fingerprint density at radius 1 is 1.12 bits per heavy atom. The summed E-state index contributed by atoms with van der Waals surface area (Å²) in [5.41, 5.74) is 1.91. The van der Waals surface area contributed by atoms with Gasteiger partial charge in [-0.25, -0.2) is 9.78 Å². The van der Waals surface area contributed by atoms with Gasteiger partial charge in [0, 0.05) is 16.6 Å². The number of urea groups is 1. The van der Waals surface area contributed by atoms with E-state index in [-0.39, 0.29) is 6.03 Å². The molecule has 1 aromatic heterocycles. The predicted octanol–water partition coefficient (Wildman–Crippen LogP) is 4.65. The van der Waals surface area contributed by atoms with Crippen molar-refractivity contribution in [3.8, 4) is 0 Å². The van der Waals surface area contributed by atoms with Crippen LogP contribution in [0.4, 0.5) is 4.79 Å². The second kappa shape index (κ2) is 7.83. The van der Waals surface area contributed by atoms with Gasteiger partial charge >= 0.3 is 6.03 Å². The fraction of sp³-hybridized carbons (Fsp3) is 0.176. The summed E-state index contributed by atoms with van der Waals surface area (Å²) in [6, 6.07) is 13.0. The zero-order chi connectivity index (χ0) is 16.9. The molecular weight excluding hydrogens is 365 g/mol. The fourth-order valence-electron chi connectivity index (χ4n) is 2.25. The van der Waals surface area contributed by atoms with Crippen LogP contribution in [0.15, 0.2) is 42.5 Å². The maximum absolute atomic E-state index is 11.9. The SMILES string of the molecule is O=C(NCCc1ccc(Cl)cc1Cl)NCc1nc2ccccc2s1. The first-order chi connectivity index (χ1) is 11.6. The van der Waals surface area contributed by atoms with E-state index in [0.717, 1.165) is 20.8 Å². The van der Waals surface area contributed by atoms with Crippen LogP contribution in [-0.4, -0.2) is 17.6 Å². The number of benzene rings is 2. The van der Waals surface area contributed by atoms with E-state index in [0.29, 0.717) is 29.6 Å². The van der Waals surface area contributed by atoms with E-state index >= 15 is 0 Å². The number of carbonyl (C=O) groups is 1. The van der Waals surface area contributed by atoms with Crippen molar-refractivity contribution < 1.29 is 4.79 Å². The lowest BCUT2D eigenvalue weighted by atomic mass is 10.1. The largest absolute Gasteiger partial charge is 0.338 e. The first kappa shape index (κ1) is 17.0. The number of thiazole rings is 1. The molecule has 1 heterocycles. The summed E-state index contributed by atoms with van der Waals surface area (Å²) in [6.45, 7) is 0.903. The molecule has 2 amide bonds. The van der Waals surface area contributed by atoms with Crippen LogP contribution in [0.5, 0.6) is 0 Å². The number of hydrogen-bond acceptors (Lipinski definition) is 3. The summed E-state index contributed by atoms with van der Waals surface area (Å²) in [5.74, 6) is 0. The smallest absolute Gasteiger partial charge is 0.315 e. The molecule has 0 spiro atoms. The average molecular weight is 380 g/mol. The molecule has 0 aliphatic carbocycles. The number of fused-ring (bicyclic) bond motifs is 1. The van der Waals surface area contributed by atoms with Gasteiger partial charge in [-0.3, -0.25) is 0 Å². The minimum absolute atomic E-state index is 0.223. The van der Waals surface area contributed by atoms with Gasteiger partial charge in [-0.05, 0) is 36.2 Å². The van der Waals surface area contributed by atoms with Crippen molar-refractivity contribution in [3.63, 3.8) is 0 Å². The Kier molecular flexibility index (Phi) is 5.56. The third kappa shape index (κ3) is 4.38. The molecule has 2 aromatic carbocycles. The van der Waals surface area contributed by atoms with Gasteiger partial charge in [0.1, 0.15) is 5.01 Å². The molecule has 4 nitrogen and oxygen atoms in total. The number of amides is 2. The highest BCUT2D eigenvalue weighted by atomic mass is 35.5. The molecule has 0 saturated carbocycles. The molecule has 3 aromatic rings. The zero-order valence-electron chi connectivity index (χ0n) is 12.7. The Morgan fingerprint density at radius 2 is 1.96 bits per heavy atom. The quantitative estimate of drug-likeness (QED) is 0.677. The standard InChI is InChI=1S/C17H15Cl2N3OS/c18-12-6-5-11(13(19)9-12)7-8-20-17(23)21-10-16-22-14-3-1-2-4-15(14)24-16/h1-6,9H,7-8,10H2,(H2,20,21,23). The number of carbonyl (C=O) groups excluding carboxylic acids is 1. The molecule has 2 N–H and O–H groups in total. The summed E-state index contributed by atoms with van der Waals surface area (Å²) in [7, 11) is 0. The molecule has 7 heteroatoms. The average Bonchev–Trinajstić information content (AvgIpc) is 2.98. The lowest BCUT2D eigenvalue weighted by Gasteiger charge is -2.08. The lowest BCUT2D eigenvalue weighted by Crippen LogP contribution is -2.36. The summed E-state index contributed by atoms with van der Waals surface area (Å²) in [4.78, 5) is 16.3. The molecule has 0 atom stereocenters. The Balaban J connectivity index is 1.45. The van der Waals surface area contributed by atoms with Gasteiger partial charge in [0.25, 0.3) is 0 Å². The maximum Gasteiger partial charge on any atom is 0.315 e. The Bertz CT molecular complexity index is 833. The van der Waals surface area contributed by atoms with E-state index in [1.807, 2.05) is 30.3 Å². The second-order valence-corrected chi connectivity index (χ2v) is 7.13. The number of para-hydroxylation sites is 1. The summed E-state index contributed by atoms with van der Waals surface area (Å²) < 4.78 is 1.12. The van der Waals surface area contributed by atoms with Crippen LogP contribution >= 0.6 is 34.5 Å². The van der Waals surface area contributed by atoms with E-state index in [2.05, 4.69) is 15.6 Å². The van der Waals surface area contributed by atoms with E-state index in [9.17, 15) is 4.79 Å². The van der Waals surface area contributed by atoms with Gasteiger partial charge in [-0.15, -0.1) is 11.3 Å². The topological polar surface area (TPSA) is 54.0 Å². The molecule has 0 bridgehead atoms. The van der Waals surface area contributed by atoms with Crippen LogP contribution < -0.4 is 10.6 Å². The van der Waals surface area contributed by atoms with Gasteiger partial charge in [0.2, 0.25) is 0 Å². The Labute approximate surface area is 153 Å². The van der Waals surface area contributed by atoms with Crippen molar-refractivity contribution in [1.82, 2.24) is 15.6 Å². The fourth-order valence-corrected chi connectivity index (χ4v) is 3.66. The van der Waals surface area contributed by atoms with E-state index in [4.69, 9.17) is 23.2 Å². The number of rotatable bonds is 5. The highest BCUT2D eigenvalue weighted by Gasteiger charge is 2.06. The first-order valence-corrected chi connectivity index (χ1v) is 8.99. The van der Waals surface area contributed by atoms with Crippen LogP contribution in [0.2, 0.25) is 10.0 Å². The van der Waals surface area contributed by atoms with E-state index < -0.39 is 0 Å². The first-order valence-electron chi connectivity index (χ1n) is 7.42. The van der Waals surface area contributed by atoms with E-state index in [1.165, 1.54) is 0 Å². The highest BCUT2D eigenvalue weighted by molar-refractivity contribution is 7.18. The highest BCUT2D eigenvalue weighted by Crippen LogP contribution is 2.22. The molecule has 0 aliphatic heterocycles. The third-order valence-corrected chi connectivity index (χ3v) is 5.06. The number of aromatic nitrogens is 1. The number of nitrogens with one attached hydrogen (secondary N) is 2. The molecule has 0 aliphatic rings. The van der Waals surface area contributed by atoms with Gasteiger partial charge in [-0.1, -0.05) is 41.4 Å². The molecule has 0 fully saturated rings. The Hall–Kier alpha value is -1.82. The van der Waals surface area contributed by atoms with Crippen molar-refractivity contribution >= 4 is 50.8 Å². The summed E-state index contributed by atoms with van der Waals surface area (Å²) in [6.07, 6.45) is 0.643. The van der Waals surface area contributed by atoms with Gasteiger partial charge in [-0.2, -0.15) is 0 Å². The molecule has 3 rings (SSSR count). The second-order valence-electron chi connectivity index (χ2n) is 5.17. The van der Waals surface area contributed by atoms with Crippen molar-refractivity contribution in [2.24, 2.45) is 0 Å². The van der Waals surface area contributed by atoms with Crippen LogP contribution in [0.1, 0.15) is 10.6 Å². The van der Waals surface area contributed by atoms with Gasteiger partial charge in [0.15, 0.2) is 0 Å². The van der Waals surface area contributed by atoms with Crippen LogP contribution in [0.3, 0.4) is 0 Å². The predicted molar refractivity (Wildman–Crippen MR) is 100 cm³/mol. The number of hydrogen-bond donors (Lipinski definition) is 2. The normalized spacial score (nSPS) is 10.8. The van der Waals surface area contributed by atoms with Gasteiger partial charge < -0.3 is 10.6 Å². The van der Waals surface area contributed by atoms with Crippen LogP contribution in [0.25, 0.3) is 10.2 Å².